The minimum Gasteiger partial charge on any atom is -0.505 e. The highest BCUT2D eigenvalue weighted by molar-refractivity contribution is 8.00. The van der Waals surface area contributed by atoms with Crippen molar-refractivity contribution in [3.05, 3.63) is 70.8 Å². The number of hydrogen-bond acceptors (Lipinski definition) is 6. The molecular weight excluding hydrogens is 496 g/mol. The number of ether oxygens (including phenoxy) is 1. The monoisotopic (exact) mass is 514 g/mol. The molecule has 0 atom stereocenters. The van der Waals surface area contributed by atoms with Crippen LogP contribution in [0.5, 0.6) is 11.5 Å². The van der Waals surface area contributed by atoms with Crippen molar-refractivity contribution in [3.63, 3.8) is 0 Å². The molecule has 0 saturated carbocycles. The number of carbonyl (C=O) groups is 1. The number of para-hydroxylation sites is 1. The first-order valence-electron chi connectivity index (χ1n) is 9.90. The zero-order valence-electron chi connectivity index (χ0n) is 17.5. The fraction of sp³-hybridized carbons (Fsp3) is 0.174. The predicted molar refractivity (Wildman–Crippen MR) is 124 cm³/mol. The van der Waals surface area contributed by atoms with Crippen molar-refractivity contribution in [2.75, 3.05) is 24.4 Å². The van der Waals surface area contributed by atoms with E-state index in [0.717, 1.165) is 11.9 Å². The molecular formula is C23H19ClF4N2O3S. The molecule has 0 saturated heterocycles. The highest BCUT2D eigenvalue weighted by Crippen LogP contribution is 2.39. The molecule has 0 unspecified atom stereocenters. The zero-order chi connectivity index (χ0) is 24.7. The molecule has 0 fully saturated rings. The van der Waals surface area contributed by atoms with Crippen molar-refractivity contribution in [2.45, 2.75) is 11.3 Å². The van der Waals surface area contributed by atoms with Gasteiger partial charge in [0.2, 0.25) is 0 Å². The van der Waals surface area contributed by atoms with E-state index in [-0.39, 0.29) is 51.4 Å². The predicted octanol–water partition coefficient (Wildman–Crippen LogP) is 6.16. The van der Waals surface area contributed by atoms with E-state index in [1.807, 2.05) is 0 Å². The van der Waals surface area contributed by atoms with Crippen LogP contribution in [0.2, 0.25) is 5.02 Å². The van der Waals surface area contributed by atoms with E-state index in [9.17, 15) is 27.5 Å². The third kappa shape index (κ3) is 6.55. The summed E-state index contributed by atoms with van der Waals surface area (Å²) >= 11 is 6.69. The summed E-state index contributed by atoms with van der Waals surface area (Å²) in [5, 5.41) is 12.6. The fourth-order valence-corrected chi connectivity index (χ4v) is 4.00. The lowest BCUT2D eigenvalue weighted by atomic mass is 10.0. The number of aldehydes is 1. The van der Waals surface area contributed by atoms with Gasteiger partial charge < -0.3 is 19.9 Å². The Kier molecular flexibility index (Phi) is 9.03. The van der Waals surface area contributed by atoms with Crippen LogP contribution >= 0.6 is 23.5 Å². The third-order valence-corrected chi connectivity index (χ3v) is 5.67. The second-order valence-corrected chi connectivity index (χ2v) is 8.18. The van der Waals surface area contributed by atoms with Crippen molar-refractivity contribution in [2.24, 2.45) is 0 Å². The molecule has 0 radical (unpaired) electrons. The number of aromatic hydroxyl groups is 1. The number of phenols is 1. The van der Waals surface area contributed by atoms with Gasteiger partial charge in [0.05, 0.1) is 22.2 Å². The molecule has 0 aliphatic carbocycles. The molecule has 0 heterocycles. The summed E-state index contributed by atoms with van der Waals surface area (Å²) < 4.78 is 61.9. The Hall–Kier alpha value is -2.95. The van der Waals surface area contributed by atoms with E-state index >= 15 is 0 Å². The molecule has 0 bridgehead atoms. The van der Waals surface area contributed by atoms with Gasteiger partial charge in [0.25, 0.3) is 6.43 Å². The topological polar surface area (TPSA) is 70.6 Å². The Morgan fingerprint density at radius 2 is 1.85 bits per heavy atom. The molecule has 0 aliphatic rings. The maximum atomic E-state index is 14.7. The number of phenolic OH excluding ortho intramolecular Hbond substituents is 1. The van der Waals surface area contributed by atoms with Crippen molar-refractivity contribution < 1.29 is 32.2 Å². The van der Waals surface area contributed by atoms with Gasteiger partial charge in [-0.05, 0) is 36.2 Å². The van der Waals surface area contributed by atoms with Gasteiger partial charge in [-0.2, -0.15) is 0 Å². The van der Waals surface area contributed by atoms with Gasteiger partial charge in [0.1, 0.15) is 36.0 Å². The van der Waals surface area contributed by atoms with Crippen LogP contribution in [-0.4, -0.2) is 37.5 Å². The number of benzene rings is 3. The quantitative estimate of drug-likeness (QED) is 0.123. The number of nitrogens with one attached hydrogen (secondary N) is 2. The SMILES string of the molecule is O=Cc1cc(Cl)c(O)c(SNc2cc(-c3ccccc3OCCNCC(F)F)c(F)cc2F)c1. The van der Waals surface area contributed by atoms with E-state index in [1.54, 1.807) is 24.3 Å². The lowest BCUT2D eigenvalue weighted by molar-refractivity contribution is 0.112. The highest BCUT2D eigenvalue weighted by Gasteiger charge is 2.17. The minimum absolute atomic E-state index is 0.0320. The summed E-state index contributed by atoms with van der Waals surface area (Å²) in [5.74, 6) is -1.74. The van der Waals surface area contributed by atoms with E-state index in [1.165, 1.54) is 18.2 Å². The number of halogens is 5. The Morgan fingerprint density at radius 1 is 1.09 bits per heavy atom. The van der Waals surface area contributed by atoms with Gasteiger partial charge in [-0.3, -0.25) is 4.79 Å². The normalized spacial score (nSPS) is 11.0. The van der Waals surface area contributed by atoms with Crippen LogP contribution in [0.4, 0.5) is 23.2 Å². The summed E-state index contributed by atoms with van der Waals surface area (Å²) in [6.07, 6.45) is -1.94. The van der Waals surface area contributed by atoms with Crippen LogP contribution in [0, 0.1) is 11.6 Å². The van der Waals surface area contributed by atoms with E-state index in [2.05, 4.69) is 10.0 Å². The van der Waals surface area contributed by atoms with E-state index < -0.39 is 24.6 Å². The number of hydrogen-bond donors (Lipinski definition) is 3. The molecule has 180 valence electrons. The second-order valence-electron chi connectivity index (χ2n) is 6.92. The maximum absolute atomic E-state index is 14.7. The average molecular weight is 515 g/mol. The zero-order valence-corrected chi connectivity index (χ0v) is 19.0. The van der Waals surface area contributed by atoms with Gasteiger partial charge >= 0.3 is 0 Å². The smallest absolute Gasteiger partial charge is 0.250 e. The molecule has 0 spiro atoms. The number of anilines is 1. The number of alkyl halides is 2. The Bertz CT molecular complexity index is 1170. The van der Waals surface area contributed by atoms with Crippen LogP contribution < -0.4 is 14.8 Å². The maximum Gasteiger partial charge on any atom is 0.250 e. The standard InChI is InChI=1S/C23H19ClF4N2O3S/c24-16-7-13(12-31)8-21(23(16)32)34-30-19-9-15(17(25)10-18(19)26)14-3-1-2-4-20(14)33-6-5-29-11-22(27)28/h1-4,7-10,12,22,29-30,32H,5-6,11H2. The second kappa shape index (κ2) is 12.0. The minimum atomic E-state index is -2.48. The molecule has 34 heavy (non-hydrogen) atoms. The molecule has 0 aliphatic heterocycles. The molecule has 0 aromatic heterocycles. The number of carbonyl (C=O) groups excluding carboxylic acids is 1. The highest BCUT2D eigenvalue weighted by atomic mass is 35.5. The van der Waals surface area contributed by atoms with Crippen molar-refractivity contribution in [3.8, 4) is 22.6 Å². The molecule has 3 N–H and O–H groups in total. The van der Waals surface area contributed by atoms with E-state index in [0.29, 0.717) is 17.9 Å². The fourth-order valence-electron chi connectivity index (χ4n) is 2.94. The Balaban J connectivity index is 1.82. The Morgan fingerprint density at radius 3 is 2.59 bits per heavy atom. The lowest BCUT2D eigenvalue weighted by Gasteiger charge is -2.15. The summed E-state index contributed by atoms with van der Waals surface area (Å²) in [4.78, 5) is 11.2. The summed E-state index contributed by atoms with van der Waals surface area (Å²) in [6.45, 7) is -0.263. The van der Waals surface area contributed by atoms with Gasteiger partial charge in [-0.15, -0.1) is 0 Å². The van der Waals surface area contributed by atoms with Crippen LogP contribution in [0.15, 0.2) is 53.4 Å². The number of rotatable bonds is 11. The summed E-state index contributed by atoms with van der Waals surface area (Å²) in [5.41, 5.74) is 0.476. The first kappa shape index (κ1) is 25.7. The lowest BCUT2D eigenvalue weighted by Crippen LogP contribution is -2.26. The van der Waals surface area contributed by atoms with Gasteiger partial charge in [0, 0.05) is 29.3 Å². The van der Waals surface area contributed by atoms with Crippen molar-refractivity contribution in [1.82, 2.24) is 5.32 Å². The summed E-state index contributed by atoms with van der Waals surface area (Å²) in [6, 6.07) is 11.0. The third-order valence-electron chi connectivity index (χ3n) is 4.53. The molecule has 3 aromatic rings. The van der Waals surface area contributed by atoms with Crippen LogP contribution in [0.1, 0.15) is 10.4 Å². The van der Waals surface area contributed by atoms with Crippen molar-refractivity contribution in [1.29, 1.82) is 0 Å². The van der Waals surface area contributed by atoms with E-state index in [4.69, 9.17) is 16.3 Å². The average Bonchev–Trinajstić information content (AvgIpc) is 2.81. The van der Waals surface area contributed by atoms with Crippen molar-refractivity contribution >= 4 is 35.5 Å². The molecule has 11 heteroatoms. The molecule has 5 nitrogen and oxygen atoms in total. The first-order valence-corrected chi connectivity index (χ1v) is 11.1. The molecule has 0 amide bonds. The van der Waals surface area contributed by atoms with Gasteiger partial charge in [0.15, 0.2) is 0 Å². The van der Waals surface area contributed by atoms with Crippen LogP contribution in [0.25, 0.3) is 11.1 Å². The largest absolute Gasteiger partial charge is 0.505 e. The summed E-state index contributed by atoms with van der Waals surface area (Å²) in [7, 11) is 0. The van der Waals surface area contributed by atoms with Gasteiger partial charge in [-0.25, -0.2) is 17.6 Å². The Labute approximate surface area is 202 Å². The van der Waals surface area contributed by atoms with Crippen LogP contribution in [-0.2, 0) is 0 Å². The van der Waals surface area contributed by atoms with Crippen LogP contribution in [0.3, 0.4) is 0 Å². The molecule has 3 aromatic carbocycles. The molecule has 3 rings (SSSR count). The van der Waals surface area contributed by atoms with Gasteiger partial charge in [-0.1, -0.05) is 29.8 Å². The first-order chi connectivity index (χ1) is 16.3.